The number of nitrogens with one attached hydrogen (secondary N) is 1. The molecule has 0 aliphatic heterocycles. The molecule has 0 saturated carbocycles. The molecule has 4 aromatic rings. The first-order chi connectivity index (χ1) is 15.6. The van der Waals surface area contributed by atoms with E-state index in [9.17, 15) is 9.59 Å². The van der Waals surface area contributed by atoms with Gasteiger partial charge in [-0.25, -0.2) is 0 Å². The number of benzene rings is 2. The fourth-order valence-corrected chi connectivity index (χ4v) is 4.43. The highest BCUT2D eigenvalue weighted by atomic mass is 35.5. The second-order valence-electron chi connectivity index (χ2n) is 7.36. The zero-order valence-corrected chi connectivity index (χ0v) is 18.9. The van der Waals surface area contributed by atoms with E-state index in [2.05, 4.69) is 34.7 Å². The molecule has 0 radical (unpaired) electrons. The van der Waals surface area contributed by atoms with Crippen molar-refractivity contribution in [3.8, 4) is 11.1 Å². The number of nitrogens with zero attached hydrogens (tertiary/aromatic N) is 2. The Kier molecular flexibility index (Phi) is 7.14. The quantitative estimate of drug-likeness (QED) is 0.329. The van der Waals surface area contributed by atoms with Crippen molar-refractivity contribution in [3.05, 3.63) is 99.5 Å². The van der Waals surface area contributed by atoms with Gasteiger partial charge in [-0.15, -0.1) is 11.3 Å². The first-order valence-corrected chi connectivity index (χ1v) is 11.5. The lowest BCUT2D eigenvalue weighted by Crippen LogP contribution is -2.23. The van der Waals surface area contributed by atoms with E-state index < -0.39 is 0 Å². The first kappa shape index (κ1) is 22.0. The molecule has 0 unspecified atom stereocenters. The Morgan fingerprint density at radius 3 is 2.50 bits per heavy atom. The van der Waals surface area contributed by atoms with Crippen LogP contribution in [0.1, 0.15) is 33.6 Å². The lowest BCUT2D eigenvalue weighted by molar-refractivity contribution is -0.121. The van der Waals surface area contributed by atoms with E-state index >= 15 is 0 Å². The smallest absolute Gasteiger partial charge is 0.220 e. The van der Waals surface area contributed by atoms with E-state index in [-0.39, 0.29) is 24.5 Å². The van der Waals surface area contributed by atoms with Crippen LogP contribution in [0.2, 0.25) is 4.34 Å². The molecule has 1 N–H and O–H groups in total. The predicted molar refractivity (Wildman–Crippen MR) is 128 cm³/mol. The van der Waals surface area contributed by atoms with E-state index in [0.717, 1.165) is 23.2 Å². The van der Waals surface area contributed by atoms with Gasteiger partial charge in [-0.2, -0.15) is 5.10 Å². The monoisotopic (exact) mass is 463 g/mol. The summed E-state index contributed by atoms with van der Waals surface area (Å²) in [7, 11) is 0. The van der Waals surface area contributed by atoms with Crippen LogP contribution in [0.15, 0.2) is 79.1 Å². The van der Waals surface area contributed by atoms with E-state index in [1.807, 2.05) is 41.2 Å². The molecule has 0 bridgehead atoms. The van der Waals surface area contributed by atoms with Gasteiger partial charge in [0.15, 0.2) is 5.78 Å². The van der Waals surface area contributed by atoms with Gasteiger partial charge in [0.1, 0.15) is 0 Å². The highest BCUT2D eigenvalue weighted by molar-refractivity contribution is 7.18. The van der Waals surface area contributed by atoms with Gasteiger partial charge < -0.3 is 5.32 Å². The molecule has 32 heavy (non-hydrogen) atoms. The summed E-state index contributed by atoms with van der Waals surface area (Å²) in [4.78, 5) is 25.1. The molecular weight excluding hydrogens is 442 g/mol. The molecule has 0 saturated heterocycles. The number of amides is 1. The van der Waals surface area contributed by atoms with Crippen molar-refractivity contribution in [3.63, 3.8) is 0 Å². The minimum absolute atomic E-state index is 0.0624. The number of carbonyl (C=O) groups excluding carboxylic acids is 2. The summed E-state index contributed by atoms with van der Waals surface area (Å²) >= 11 is 7.11. The topological polar surface area (TPSA) is 64.0 Å². The third-order valence-corrected chi connectivity index (χ3v) is 6.36. The minimum atomic E-state index is -0.148. The second-order valence-corrected chi connectivity index (χ2v) is 9.08. The molecule has 5 nitrogen and oxygen atoms in total. The third kappa shape index (κ3) is 5.72. The molecule has 1 amide bonds. The Bertz CT molecular complexity index is 1200. The maximum Gasteiger partial charge on any atom is 0.220 e. The molecule has 7 heteroatoms. The van der Waals surface area contributed by atoms with Crippen LogP contribution in [0, 0.1) is 0 Å². The Balaban J connectivity index is 1.35. The molecule has 2 aromatic heterocycles. The van der Waals surface area contributed by atoms with Crippen molar-refractivity contribution in [1.82, 2.24) is 15.1 Å². The van der Waals surface area contributed by atoms with E-state index in [0.29, 0.717) is 15.8 Å². The van der Waals surface area contributed by atoms with E-state index in [1.165, 1.54) is 16.9 Å². The second kappa shape index (κ2) is 10.4. The average molecular weight is 464 g/mol. The van der Waals surface area contributed by atoms with Crippen molar-refractivity contribution in [1.29, 1.82) is 0 Å². The van der Waals surface area contributed by atoms with Gasteiger partial charge in [-0.05, 0) is 40.5 Å². The standard InChI is InChI=1S/C25H22ClN3O2S/c26-24-12-11-23(32-24)22(30)10-13-25(31)27-16-20-4-1-2-5-21(20)19-8-6-18(7-9-19)17-29-15-3-14-28-29/h1-9,11-12,14-15H,10,13,16-17H2,(H,27,31). The molecule has 0 aliphatic rings. The Morgan fingerprint density at radius 1 is 0.969 bits per heavy atom. The molecule has 2 heterocycles. The zero-order chi connectivity index (χ0) is 22.3. The predicted octanol–water partition coefficient (Wildman–Crippen LogP) is 5.59. The van der Waals surface area contributed by atoms with Crippen molar-refractivity contribution in [2.45, 2.75) is 25.9 Å². The van der Waals surface area contributed by atoms with Crippen molar-refractivity contribution in [2.75, 3.05) is 0 Å². The maximum atomic E-state index is 12.3. The summed E-state index contributed by atoms with van der Waals surface area (Å²) in [5.74, 6) is -0.210. The molecule has 2 aromatic carbocycles. The summed E-state index contributed by atoms with van der Waals surface area (Å²) in [5.41, 5.74) is 4.35. The fraction of sp³-hybridized carbons (Fsp3) is 0.160. The van der Waals surface area contributed by atoms with Gasteiger partial charge >= 0.3 is 0 Å². The maximum absolute atomic E-state index is 12.3. The number of aromatic nitrogens is 2. The minimum Gasteiger partial charge on any atom is -0.352 e. The highest BCUT2D eigenvalue weighted by Crippen LogP contribution is 2.25. The van der Waals surface area contributed by atoms with Gasteiger partial charge in [0, 0.05) is 31.8 Å². The summed E-state index contributed by atoms with van der Waals surface area (Å²) in [6.45, 7) is 1.13. The van der Waals surface area contributed by atoms with E-state index in [1.54, 1.807) is 18.3 Å². The number of hydrogen-bond acceptors (Lipinski definition) is 4. The summed E-state index contributed by atoms with van der Waals surface area (Å²) in [6.07, 6.45) is 4.03. The van der Waals surface area contributed by atoms with Crippen LogP contribution in [0.3, 0.4) is 0 Å². The van der Waals surface area contributed by atoms with Crippen LogP contribution in [0.25, 0.3) is 11.1 Å². The molecule has 0 fully saturated rings. The molecular formula is C25H22ClN3O2S. The molecule has 0 aliphatic carbocycles. The number of Topliss-reactive ketones (excluding diaryl/α,β-unsaturated/α-hetero) is 1. The number of ketones is 1. The Morgan fingerprint density at radius 2 is 1.78 bits per heavy atom. The third-order valence-electron chi connectivity index (χ3n) is 5.09. The first-order valence-electron chi connectivity index (χ1n) is 10.3. The van der Waals surface area contributed by atoms with Gasteiger partial charge in [-0.1, -0.05) is 60.1 Å². The fourth-order valence-electron chi connectivity index (χ4n) is 3.42. The SMILES string of the molecule is O=C(CCC(=O)c1ccc(Cl)s1)NCc1ccccc1-c1ccc(Cn2cccn2)cc1. The van der Waals surface area contributed by atoms with E-state index in [4.69, 9.17) is 11.6 Å². The van der Waals surface area contributed by atoms with Crippen LogP contribution in [0.4, 0.5) is 0 Å². The Hall–Kier alpha value is -3.22. The van der Waals surface area contributed by atoms with Crippen molar-refractivity contribution < 1.29 is 9.59 Å². The van der Waals surface area contributed by atoms with Crippen LogP contribution < -0.4 is 5.32 Å². The molecule has 0 atom stereocenters. The largest absolute Gasteiger partial charge is 0.352 e. The number of rotatable bonds is 9. The van der Waals surface area contributed by atoms with Gasteiger partial charge in [0.05, 0.1) is 15.8 Å². The normalized spacial score (nSPS) is 10.8. The summed E-state index contributed by atoms with van der Waals surface area (Å²) < 4.78 is 2.46. The van der Waals surface area contributed by atoms with Crippen LogP contribution >= 0.6 is 22.9 Å². The number of hydrogen-bond donors (Lipinski definition) is 1. The number of thiophene rings is 1. The number of carbonyl (C=O) groups is 2. The molecule has 162 valence electrons. The van der Waals surface area contributed by atoms with Gasteiger partial charge in [-0.3, -0.25) is 14.3 Å². The molecule has 0 spiro atoms. The van der Waals surface area contributed by atoms with Crippen molar-refractivity contribution in [2.24, 2.45) is 0 Å². The summed E-state index contributed by atoms with van der Waals surface area (Å²) in [5, 5.41) is 7.18. The summed E-state index contributed by atoms with van der Waals surface area (Å²) in [6, 6.07) is 21.7. The highest BCUT2D eigenvalue weighted by Gasteiger charge is 2.12. The average Bonchev–Trinajstić information content (AvgIpc) is 3.48. The Labute approximate surface area is 195 Å². The number of halogens is 1. The van der Waals surface area contributed by atoms with Crippen LogP contribution in [-0.4, -0.2) is 21.5 Å². The van der Waals surface area contributed by atoms with Crippen molar-refractivity contribution >= 4 is 34.6 Å². The van der Waals surface area contributed by atoms with Crippen LogP contribution in [0.5, 0.6) is 0 Å². The zero-order valence-electron chi connectivity index (χ0n) is 17.3. The lowest BCUT2D eigenvalue weighted by atomic mass is 9.98. The van der Waals surface area contributed by atoms with Crippen LogP contribution in [-0.2, 0) is 17.9 Å². The molecule has 4 rings (SSSR count). The van der Waals surface area contributed by atoms with Gasteiger partial charge in [0.2, 0.25) is 5.91 Å². The van der Waals surface area contributed by atoms with Gasteiger partial charge in [0.25, 0.3) is 0 Å². The lowest BCUT2D eigenvalue weighted by Gasteiger charge is -2.12.